The molecule has 1 aromatic heterocycles. The van der Waals surface area contributed by atoms with Crippen molar-refractivity contribution in [3.05, 3.63) is 52.3 Å². The fourth-order valence-electron chi connectivity index (χ4n) is 2.41. The predicted octanol–water partition coefficient (Wildman–Crippen LogP) is 3.64. The van der Waals surface area contributed by atoms with Crippen LogP contribution in [0.3, 0.4) is 0 Å². The third-order valence-corrected chi connectivity index (χ3v) is 3.68. The number of aromatic nitrogens is 1. The van der Waals surface area contributed by atoms with Crippen LogP contribution in [0.1, 0.15) is 35.6 Å². The van der Waals surface area contributed by atoms with Crippen LogP contribution in [0.15, 0.2) is 30.3 Å². The Balaban J connectivity index is 0.00000264. The molecule has 23 heavy (non-hydrogen) atoms. The molecule has 6 heteroatoms. The third-order valence-electron chi connectivity index (χ3n) is 3.45. The summed E-state index contributed by atoms with van der Waals surface area (Å²) in [5.41, 5.74) is 8.94. The molecule has 0 aliphatic rings. The number of nitrogens with one attached hydrogen (secondary N) is 1. The Bertz CT molecular complexity index is 702. The summed E-state index contributed by atoms with van der Waals surface area (Å²) in [7, 11) is 0. The molecule has 3 N–H and O–H groups in total. The van der Waals surface area contributed by atoms with Crippen LogP contribution in [0.25, 0.3) is 5.69 Å². The van der Waals surface area contributed by atoms with Crippen molar-refractivity contribution >= 4 is 29.9 Å². The van der Waals surface area contributed by atoms with Gasteiger partial charge in [-0.25, -0.2) is 0 Å². The highest BCUT2D eigenvalue weighted by Crippen LogP contribution is 2.23. The van der Waals surface area contributed by atoms with Gasteiger partial charge in [0.1, 0.15) is 0 Å². The predicted molar refractivity (Wildman–Crippen MR) is 98.1 cm³/mol. The number of hydrogen-bond acceptors (Lipinski definition) is 2. The molecule has 1 heterocycles. The topological polar surface area (TPSA) is 60.1 Å². The molecule has 0 bridgehead atoms. The fourth-order valence-corrected chi connectivity index (χ4v) is 2.59. The smallest absolute Gasteiger partial charge is 0.253 e. The lowest BCUT2D eigenvalue weighted by Crippen LogP contribution is -2.45. The van der Waals surface area contributed by atoms with Gasteiger partial charge in [0.25, 0.3) is 5.91 Å². The van der Waals surface area contributed by atoms with Crippen LogP contribution in [-0.4, -0.2) is 22.6 Å². The van der Waals surface area contributed by atoms with Crippen LogP contribution in [-0.2, 0) is 0 Å². The number of halogens is 2. The quantitative estimate of drug-likeness (QED) is 0.879. The van der Waals surface area contributed by atoms with Gasteiger partial charge in [-0.3, -0.25) is 4.79 Å². The molecule has 0 radical (unpaired) electrons. The monoisotopic (exact) mass is 355 g/mol. The molecular weight excluding hydrogens is 333 g/mol. The van der Waals surface area contributed by atoms with E-state index < -0.39 is 5.54 Å². The minimum absolute atomic E-state index is 0. The van der Waals surface area contributed by atoms with Crippen LogP contribution < -0.4 is 11.1 Å². The number of benzene rings is 1. The van der Waals surface area contributed by atoms with Crippen LogP contribution >= 0.6 is 24.0 Å². The van der Waals surface area contributed by atoms with Crippen LogP contribution in [0.2, 0.25) is 5.02 Å². The first-order chi connectivity index (χ1) is 10.2. The van der Waals surface area contributed by atoms with E-state index in [2.05, 4.69) is 5.32 Å². The summed E-state index contributed by atoms with van der Waals surface area (Å²) >= 11 is 6.06. The van der Waals surface area contributed by atoms with Crippen molar-refractivity contribution in [3.63, 3.8) is 0 Å². The summed E-state index contributed by atoms with van der Waals surface area (Å²) in [5.74, 6) is -0.111. The maximum Gasteiger partial charge on any atom is 0.253 e. The van der Waals surface area contributed by atoms with Crippen molar-refractivity contribution < 1.29 is 4.79 Å². The zero-order chi connectivity index (χ0) is 16.5. The van der Waals surface area contributed by atoms with E-state index >= 15 is 0 Å². The Morgan fingerprint density at radius 3 is 2.52 bits per heavy atom. The number of carbonyl (C=O) groups is 1. The summed E-state index contributed by atoms with van der Waals surface area (Å²) in [5, 5.41) is 3.55. The summed E-state index contributed by atoms with van der Waals surface area (Å²) in [6.45, 7) is 8.08. The van der Waals surface area contributed by atoms with Gasteiger partial charge in [0.2, 0.25) is 0 Å². The largest absolute Gasteiger partial charge is 0.350 e. The summed E-state index contributed by atoms with van der Waals surface area (Å²) < 4.78 is 2.02. The molecule has 0 aliphatic carbocycles. The molecule has 0 saturated heterocycles. The van der Waals surface area contributed by atoms with Crippen LogP contribution in [0.4, 0.5) is 0 Å². The third kappa shape index (κ3) is 4.74. The van der Waals surface area contributed by atoms with E-state index in [0.717, 1.165) is 17.1 Å². The number of nitrogens with zero attached hydrogens (tertiary/aromatic N) is 1. The molecule has 1 amide bonds. The van der Waals surface area contributed by atoms with Crippen molar-refractivity contribution in [2.45, 2.75) is 33.2 Å². The second kappa shape index (κ2) is 7.39. The van der Waals surface area contributed by atoms with Crippen molar-refractivity contribution in [1.29, 1.82) is 0 Å². The van der Waals surface area contributed by atoms with E-state index in [1.807, 2.05) is 62.6 Å². The SMILES string of the molecule is Cc1cc(C(=O)NCC(C)(C)N)c(C)n1-c1cccc(Cl)c1.Cl. The van der Waals surface area contributed by atoms with Gasteiger partial charge in [0.05, 0.1) is 5.56 Å². The molecule has 2 rings (SSSR count). The molecule has 4 nitrogen and oxygen atoms in total. The number of nitrogens with two attached hydrogens (primary N) is 1. The highest BCUT2D eigenvalue weighted by atomic mass is 35.5. The lowest BCUT2D eigenvalue weighted by molar-refractivity contribution is 0.0945. The molecule has 126 valence electrons. The van der Waals surface area contributed by atoms with Crippen molar-refractivity contribution in [2.75, 3.05) is 6.54 Å². The number of hydrogen-bond donors (Lipinski definition) is 2. The molecule has 1 aromatic carbocycles. The number of amides is 1. The number of rotatable bonds is 4. The van der Waals surface area contributed by atoms with E-state index in [-0.39, 0.29) is 18.3 Å². The maximum absolute atomic E-state index is 12.4. The normalized spacial score (nSPS) is 11.0. The minimum atomic E-state index is -0.436. The Labute approximate surface area is 148 Å². The van der Waals surface area contributed by atoms with Crippen molar-refractivity contribution in [3.8, 4) is 5.69 Å². The van der Waals surface area contributed by atoms with Gasteiger partial charge in [0, 0.05) is 34.2 Å². The molecule has 0 unspecified atom stereocenters. The van der Waals surface area contributed by atoms with E-state index in [4.69, 9.17) is 17.3 Å². The molecule has 0 fully saturated rings. The summed E-state index contributed by atoms with van der Waals surface area (Å²) in [6.07, 6.45) is 0. The summed E-state index contributed by atoms with van der Waals surface area (Å²) in [6, 6.07) is 9.46. The van der Waals surface area contributed by atoms with E-state index in [9.17, 15) is 4.79 Å². The first-order valence-electron chi connectivity index (χ1n) is 7.21. The van der Waals surface area contributed by atoms with Gasteiger partial charge in [-0.1, -0.05) is 17.7 Å². The zero-order valence-corrected chi connectivity index (χ0v) is 15.4. The lowest BCUT2D eigenvalue weighted by Gasteiger charge is -2.18. The molecule has 0 atom stereocenters. The highest BCUT2D eigenvalue weighted by Gasteiger charge is 2.19. The number of carbonyl (C=O) groups excluding carboxylic acids is 1. The van der Waals surface area contributed by atoms with Gasteiger partial charge in [0.15, 0.2) is 0 Å². The van der Waals surface area contributed by atoms with Gasteiger partial charge in [-0.2, -0.15) is 0 Å². The Morgan fingerprint density at radius 2 is 1.96 bits per heavy atom. The number of aryl methyl sites for hydroxylation is 1. The van der Waals surface area contributed by atoms with Gasteiger partial charge >= 0.3 is 0 Å². The molecule has 0 saturated carbocycles. The van der Waals surface area contributed by atoms with Crippen LogP contribution in [0, 0.1) is 13.8 Å². The van der Waals surface area contributed by atoms with Crippen molar-refractivity contribution in [1.82, 2.24) is 9.88 Å². The second-order valence-electron chi connectivity index (χ2n) is 6.27. The minimum Gasteiger partial charge on any atom is -0.350 e. The van der Waals surface area contributed by atoms with Crippen LogP contribution in [0.5, 0.6) is 0 Å². The molecule has 2 aromatic rings. The Kier molecular flexibility index (Phi) is 6.28. The molecular formula is C17H23Cl2N3O. The first-order valence-corrected chi connectivity index (χ1v) is 7.59. The van der Waals surface area contributed by atoms with Gasteiger partial charge in [-0.05, 0) is 52.0 Å². The zero-order valence-electron chi connectivity index (χ0n) is 13.8. The standard InChI is InChI=1S/C17H22ClN3O.ClH/c1-11-8-15(16(22)20-10-17(3,4)19)12(2)21(11)14-7-5-6-13(18)9-14;/h5-9H,10,19H2,1-4H3,(H,20,22);1H. The van der Waals surface area contributed by atoms with Gasteiger partial charge < -0.3 is 15.6 Å². The van der Waals surface area contributed by atoms with Crippen molar-refractivity contribution in [2.24, 2.45) is 5.73 Å². The Hall–Kier alpha value is -1.49. The average Bonchev–Trinajstić information content (AvgIpc) is 2.70. The first kappa shape index (κ1) is 19.6. The molecule has 0 aliphatic heterocycles. The Morgan fingerprint density at radius 1 is 1.30 bits per heavy atom. The fraction of sp³-hybridized carbons (Fsp3) is 0.353. The van der Waals surface area contributed by atoms with E-state index in [0.29, 0.717) is 17.1 Å². The van der Waals surface area contributed by atoms with E-state index in [1.165, 1.54) is 0 Å². The average molecular weight is 356 g/mol. The van der Waals surface area contributed by atoms with E-state index in [1.54, 1.807) is 0 Å². The van der Waals surface area contributed by atoms with Gasteiger partial charge in [-0.15, -0.1) is 12.4 Å². The molecule has 0 spiro atoms. The highest BCUT2D eigenvalue weighted by molar-refractivity contribution is 6.30. The lowest BCUT2D eigenvalue weighted by atomic mass is 10.1. The summed E-state index contributed by atoms with van der Waals surface area (Å²) in [4.78, 5) is 12.4. The maximum atomic E-state index is 12.4. The second-order valence-corrected chi connectivity index (χ2v) is 6.71.